The predicted octanol–water partition coefficient (Wildman–Crippen LogP) is 2.53. The quantitative estimate of drug-likeness (QED) is 0.533. The van der Waals surface area contributed by atoms with E-state index in [0.29, 0.717) is 11.4 Å². The molecule has 8 nitrogen and oxygen atoms in total. The lowest BCUT2D eigenvalue weighted by atomic mass is 9.80. The lowest BCUT2D eigenvalue weighted by Gasteiger charge is -2.29. The number of methoxy groups -OCH3 is 1. The van der Waals surface area contributed by atoms with Crippen molar-refractivity contribution in [2.75, 3.05) is 37.6 Å². The maximum Gasteiger partial charge on any atom is 0.326 e. The monoisotopic (exact) mass is 451 g/mol. The van der Waals surface area contributed by atoms with E-state index in [1.54, 1.807) is 45.2 Å². The van der Waals surface area contributed by atoms with Crippen molar-refractivity contribution < 1.29 is 23.9 Å². The van der Waals surface area contributed by atoms with Crippen molar-refractivity contribution in [1.29, 1.82) is 0 Å². The number of hydrogen-bond acceptors (Lipinski definition) is 7. The highest BCUT2D eigenvalue weighted by Crippen LogP contribution is 2.50. The van der Waals surface area contributed by atoms with Gasteiger partial charge in [0.1, 0.15) is 11.3 Å². The number of anilines is 2. The van der Waals surface area contributed by atoms with Gasteiger partial charge in [0.2, 0.25) is 11.8 Å². The van der Waals surface area contributed by atoms with Crippen molar-refractivity contribution >= 4 is 29.2 Å². The topological polar surface area (TPSA) is 88.2 Å². The molecular weight excluding hydrogens is 422 g/mol. The van der Waals surface area contributed by atoms with Crippen molar-refractivity contribution in [3.8, 4) is 5.75 Å². The average Bonchev–Trinajstić information content (AvgIpc) is 3.27. The maximum atomic E-state index is 13.7. The predicted molar refractivity (Wildman–Crippen MR) is 124 cm³/mol. The third-order valence-corrected chi connectivity index (χ3v) is 6.59. The van der Waals surface area contributed by atoms with E-state index < -0.39 is 35.3 Å². The van der Waals surface area contributed by atoms with Crippen molar-refractivity contribution in [1.82, 2.24) is 5.32 Å². The lowest BCUT2D eigenvalue weighted by Crippen LogP contribution is -2.54. The summed E-state index contributed by atoms with van der Waals surface area (Å²) in [5.41, 5.74) is 0.962. The van der Waals surface area contributed by atoms with Crippen LogP contribution in [0.2, 0.25) is 0 Å². The molecule has 0 radical (unpaired) electrons. The Hall–Kier alpha value is -3.39. The van der Waals surface area contributed by atoms with Crippen LogP contribution >= 0.6 is 0 Å². The molecule has 0 spiro atoms. The van der Waals surface area contributed by atoms with Crippen molar-refractivity contribution in [3.05, 3.63) is 54.1 Å². The van der Waals surface area contributed by atoms with Crippen LogP contribution < -0.4 is 19.9 Å². The number of nitrogens with one attached hydrogen (secondary N) is 1. The van der Waals surface area contributed by atoms with Gasteiger partial charge in [0, 0.05) is 25.8 Å². The van der Waals surface area contributed by atoms with E-state index in [2.05, 4.69) is 5.32 Å². The van der Waals surface area contributed by atoms with Gasteiger partial charge < -0.3 is 14.4 Å². The van der Waals surface area contributed by atoms with Gasteiger partial charge in [-0.05, 0) is 55.8 Å². The van der Waals surface area contributed by atoms with Crippen LogP contribution in [0.3, 0.4) is 0 Å². The third-order valence-electron chi connectivity index (χ3n) is 6.59. The Morgan fingerprint density at radius 1 is 1.06 bits per heavy atom. The molecule has 2 heterocycles. The zero-order valence-electron chi connectivity index (χ0n) is 19.5. The molecule has 4 rings (SSSR count). The Balaban J connectivity index is 1.77. The second-order valence-corrected chi connectivity index (χ2v) is 8.74. The number of carbonyl (C=O) groups is 3. The standard InChI is InChI=1S/C25H29N3O5/c1-6-33-24(31)25(2)20-19(21(26-25)15-7-9-16(10-8-15)27(3)4)22(29)28(23(20)30)17-11-13-18(32-5)14-12-17/h7-14,19-21,26H,6H2,1-5H3/t19-,20-,21+,25+/m0/s1. The number of nitrogens with zero attached hydrogens (tertiary/aromatic N) is 2. The molecule has 33 heavy (non-hydrogen) atoms. The van der Waals surface area contributed by atoms with Crippen LogP contribution in [0, 0.1) is 11.8 Å². The first-order valence-electron chi connectivity index (χ1n) is 11.0. The molecule has 174 valence electrons. The largest absolute Gasteiger partial charge is 0.497 e. The highest BCUT2D eigenvalue weighted by Gasteiger charge is 2.67. The third kappa shape index (κ3) is 3.64. The Morgan fingerprint density at radius 2 is 1.70 bits per heavy atom. The maximum absolute atomic E-state index is 13.7. The second-order valence-electron chi connectivity index (χ2n) is 8.74. The molecule has 2 saturated heterocycles. The first-order chi connectivity index (χ1) is 15.7. The summed E-state index contributed by atoms with van der Waals surface area (Å²) in [5.74, 6) is -2.29. The van der Waals surface area contributed by atoms with Gasteiger partial charge in [0.15, 0.2) is 0 Å². The van der Waals surface area contributed by atoms with Crippen molar-refractivity contribution in [2.45, 2.75) is 25.4 Å². The van der Waals surface area contributed by atoms with Gasteiger partial charge in [-0.15, -0.1) is 0 Å². The summed E-state index contributed by atoms with van der Waals surface area (Å²) in [7, 11) is 5.44. The Bertz CT molecular complexity index is 1070. The van der Waals surface area contributed by atoms with E-state index in [0.717, 1.165) is 11.3 Å². The number of benzene rings is 2. The fourth-order valence-corrected chi connectivity index (χ4v) is 4.86. The Labute approximate surface area is 193 Å². The zero-order chi connectivity index (χ0) is 23.9. The molecule has 2 amide bonds. The van der Waals surface area contributed by atoms with E-state index in [1.807, 2.05) is 43.3 Å². The van der Waals surface area contributed by atoms with E-state index in [9.17, 15) is 14.4 Å². The van der Waals surface area contributed by atoms with Gasteiger partial charge in [-0.25, -0.2) is 4.90 Å². The van der Waals surface area contributed by atoms with E-state index in [1.165, 1.54) is 4.90 Å². The number of imide groups is 1. The SMILES string of the molecule is CCOC(=O)[C@]1(C)N[C@H](c2ccc(N(C)C)cc2)[C@H]2C(=O)N(c3ccc(OC)cc3)C(=O)[C@H]21. The summed E-state index contributed by atoms with van der Waals surface area (Å²) in [6.45, 7) is 3.55. The summed E-state index contributed by atoms with van der Waals surface area (Å²) in [4.78, 5) is 43.5. The molecule has 0 aliphatic carbocycles. The van der Waals surface area contributed by atoms with Crippen LogP contribution in [-0.2, 0) is 19.1 Å². The van der Waals surface area contributed by atoms with Gasteiger partial charge >= 0.3 is 5.97 Å². The molecule has 8 heteroatoms. The number of amides is 2. The second kappa shape index (κ2) is 8.51. The zero-order valence-corrected chi connectivity index (χ0v) is 19.5. The highest BCUT2D eigenvalue weighted by molar-refractivity contribution is 6.24. The first kappa shape index (κ1) is 22.8. The van der Waals surface area contributed by atoms with Crippen LogP contribution in [0.15, 0.2) is 48.5 Å². The van der Waals surface area contributed by atoms with Crippen LogP contribution in [0.25, 0.3) is 0 Å². The van der Waals surface area contributed by atoms with E-state index in [-0.39, 0.29) is 12.5 Å². The van der Waals surface area contributed by atoms with Gasteiger partial charge in [0.25, 0.3) is 0 Å². The van der Waals surface area contributed by atoms with Gasteiger partial charge in [-0.3, -0.25) is 19.7 Å². The van der Waals surface area contributed by atoms with Gasteiger partial charge in [0.05, 0.1) is 31.2 Å². The molecule has 2 aliphatic rings. The normalized spacial score (nSPS) is 26.3. The summed E-state index contributed by atoms with van der Waals surface area (Å²) in [5, 5.41) is 3.29. The number of hydrogen-bond donors (Lipinski definition) is 1. The Morgan fingerprint density at radius 3 is 2.24 bits per heavy atom. The van der Waals surface area contributed by atoms with Gasteiger partial charge in [-0.1, -0.05) is 12.1 Å². The minimum absolute atomic E-state index is 0.181. The summed E-state index contributed by atoms with van der Waals surface area (Å²) in [6.07, 6.45) is 0. The van der Waals surface area contributed by atoms with Gasteiger partial charge in [-0.2, -0.15) is 0 Å². The first-order valence-corrected chi connectivity index (χ1v) is 11.0. The van der Waals surface area contributed by atoms with E-state index >= 15 is 0 Å². The minimum Gasteiger partial charge on any atom is -0.497 e. The number of carbonyl (C=O) groups excluding carboxylic acids is 3. The summed E-state index contributed by atoms with van der Waals surface area (Å²) < 4.78 is 10.5. The number of esters is 1. The van der Waals surface area contributed by atoms with Crippen LogP contribution in [0.5, 0.6) is 5.75 Å². The van der Waals surface area contributed by atoms with E-state index in [4.69, 9.17) is 9.47 Å². The lowest BCUT2D eigenvalue weighted by molar-refractivity contribution is -0.153. The number of rotatable bonds is 6. The summed E-state index contributed by atoms with van der Waals surface area (Å²) in [6, 6.07) is 14.0. The molecular formula is C25H29N3O5. The minimum atomic E-state index is -1.33. The fourth-order valence-electron chi connectivity index (χ4n) is 4.86. The average molecular weight is 452 g/mol. The molecule has 0 bridgehead atoms. The fraction of sp³-hybridized carbons (Fsp3) is 0.400. The summed E-state index contributed by atoms with van der Waals surface area (Å²) >= 11 is 0. The Kier molecular flexibility index (Phi) is 5.88. The molecule has 4 atom stereocenters. The van der Waals surface area contributed by atoms with Crippen molar-refractivity contribution in [3.63, 3.8) is 0 Å². The van der Waals surface area contributed by atoms with Crippen LogP contribution in [0.4, 0.5) is 11.4 Å². The molecule has 0 saturated carbocycles. The van der Waals surface area contributed by atoms with Crippen LogP contribution in [-0.4, -0.2) is 51.1 Å². The van der Waals surface area contributed by atoms with Crippen molar-refractivity contribution in [2.24, 2.45) is 11.8 Å². The number of ether oxygens (including phenoxy) is 2. The smallest absolute Gasteiger partial charge is 0.326 e. The molecule has 2 aliphatic heterocycles. The molecule has 1 N–H and O–H groups in total. The highest BCUT2D eigenvalue weighted by atomic mass is 16.5. The molecule has 2 fully saturated rings. The number of fused-ring (bicyclic) bond motifs is 1. The molecule has 2 aromatic rings. The molecule has 0 unspecified atom stereocenters. The van der Waals surface area contributed by atoms with Crippen LogP contribution in [0.1, 0.15) is 25.5 Å². The molecule has 2 aromatic carbocycles. The molecule has 0 aromatic heterocycles.